The summed E-state index contributed by atoms with van der Waals surface area (Å²) in [5.41, 5.74) is 6.60. The van der Waals surface area contributed by atoms with Crippen molar-refractivity contribution in [3.63, 3.8) is 0 Å². The number of nitrogens with two attached hydrogens (primary N) is 1. The second-order valence-corrected chi connectivity index (χ2v) is 8.81. The first-order chi connectivity index (χ1) is 16.4. The van der Waals surface area contributed by atoms with Crippen LogP contribution in [0.1, 0.15) is 55.1 Å². The predicted octanol–water partition coefficient (Wildman–Crippen LogP) is 3.29. The summed E-state index contributed by atoms with van der Waals surface area (Å²) in [6.45, 7) is 4.52. The molecule has 1 aromatic heterocycles. The van der Waals surface area contributed by atoms with Crippen LogP contribution in [-0.2, 0) is 22.6 Å². The first-order valence-corrected chi connectivity index (χ1v) is 12.3. The molecule has 2 amide bonds. The number of carbonyl (C=O) groups is 2. The van der Waals surface area contributed by atoms with E-state index < -0.39 is 11.9 Å². The number of aromatic nitrogens is 3. The van der Waals surface area contributed by atoms with E-state index in [2.05, 4.69) is 22.6 Å². The lowest BCUT2D eigenvalue weighted by atomic mass is 10.1. The number of amides is 2. The third-order valence-corrected chi connectivity index (χ3v) is 6.09. The summed E-state index contributed by atoms with van der Waals surface area (Å²) >= 11 is 12.1. The van der Waals surface area contributed by atoms with E-state index in [0.29, 0.717) is 55.4 Å². The molecule has 0 bridgehead atoms. The van der Waals surface area contributed by atoms with Crippen LogP contribution in [0, 0.1) is 0 Å². The molecule has 0 saturated carbocycles. The smallest absolute Gasteiger partial charge is 0.251 e. The van der Waals surface area contributed by atoms with E-state index in [1.807, 2.05) is 0 Å². The van der Waals surface area contributed by atoms with Crippen molar-refractivity contribution in [1.82, 2.24) is 25.2 Å². The molecule has 2 aromatic rings. The molecule has 188 valence electrons. The van der Waals surface area contributed by atoms with Crippen molar-refractivity contribution >= 4 is 35.0 Å². The third-order valence-electron chi connectivity index (χ3n) is 5.35. The van der Waals surface area contributed by atoms with Gasteiger partial charge in [-0.3, -0.25) is 14.3 Å². The van der Waals surface area contributed by atoms with Crippen molar-refractivity contribution in [3.8, 4) is 0 Å². The van der Waals surface area contributed by atoms with Crippen molar-refractivity contribution in [1.29, 1.82) is 0 Å². The van der Waals surface area contributed by atoms with E-state index in [0.717, 1.165) is 19.3 Å². The van der Waals surface area contributed by atoms with E-state index in [4.69, 9.17) is 33.7 Å². The fraction of sp³-hybridized carbons (Fsp3) is 0.565. The number of aryl methyl sites for hydroxylation is 1. The molecule has 0 aliphatic carbocycles. The molecule has 0 aliphatic rings. The SMILES string of the molecule is CCCCCN(CCCOC)C(=O)[C@H](CCn1cc(CN)nn1)NC(=O)c1ccc(Cl)c(Cl)c1. The average molecular weight is 513 g/mol. The summed E-state index contributed by atoms with van der Waals surface area (Å²) in [6.07, 6.45) is 5.76. The third kappa shape index (κ3) is 8.87. The zero-order valence-corrected chi connectivity index (χ0v) is 21.3. The molecular weight excluding hydrogens is 479 g/mol. The summed E-state index contributed by atoms with van der Waals surface area (Å²) in [7, 11) is 1.64. The van der Waals surface area contributed by atoms with Gasteiger partial charge in [-0.05, 0) is 37.5 Å². The lowest BCUT2D eigenvalue weighted by Crippen LogP contribution is -2.49. The molecule has 1 atom stereocenters. The van der Waals surface area contributed by atoms with Gasteiger partial charge in [0.2, 0.25) is 5.91 Å². The maximum absolute atomic E-state index is 13.6. The van der Waals surface area contributed by atoms with E-state index in [-0.39, 0.29) is 17.5 Å². The zero-order valence-electron chi connectivity index (χ0n) is 19.8. The number of carbonyl (C=O) groups excluding carboxylic acids is 2. The molecule has 1 aromatic carbocycles. The number of hydrogen-bond acceptors (Lipinski definition) is 6. The molecule has 9 nitrogen and oxygen atoms in total. The molecule has 0 saturated heterocycles. The molecule has 0 fully saturated rings. The first kappa shape index (κ1) is 28.0. The Morgan fingerprint density at radius 3 is 2.62 bits per heavy atom. The van der Waals surface area contributed by atoms with Gasteiger partial charge in [-0.15, -0.1) is 5.10 Å². The van der Waals surface area contributed by atoms with Gasteiger partial charge in [0.05, 0.1) is 15.7 Å². The summed E-state index contributed by atoms with van der Waals surface area (Å²) in [5, 5.41) is 11.5. The quantitative estimate of drug-likeness (QED) is 0.353. The fourth-order valence-corrected chi connectivity index (χ4v) is 3.74. The zero-order chi connectivity index (χ0) is 24.9. The molecule has 3 N–H and O–H groups in total. The number of methoxy groups -OCH3 is 1. The monoisotopic (exact) mass is 512 g/mol. The molecule has 34 heavy (non-hydrogen) atoms. The van der Waals surface area contributed by atoms with Gasteiger partial charge in [0.15, 0.2) is 0 Å². The van der Waals surface area contributed by atoms with Crippen molar-refractivity contribution in [2.45, 2.75) is 58.2 Å². The predicted molar refractivity (Wildman–Crippen MR) is 133 cm³/mol. The number of ether oxygens (including phenoxy) is 1. The second kappa shape index (κ2) is 14.9. The van der Waals surface area contributed by atoms with Gasteiger partial charge in [0, 0.05) is 51.7 Å². The van der Waals surface area contributed by atoms with Crippen LogP contribution in [0.4, 0.5) is 0 Å². The Morgan fingerprint density at radius 2 is 1.97 bits per heavy atom. The number of rotatable bonds is 15. The van der Waals surface area contributed by atoms with Crippen LogP contribution in [0.5, 0.6) is 0 Å². The maximum Gasteiger partial charge on any atom is 0.251 e. The van der Waals surface area contributed by atoms with Gasteiger partial charge in [-0.25, -0.2) is 0 Å². The Bertz CT molecular complexity index is 914. The molecule has 0 unspecified atom stereocenters. The van der Waals surface area contributed by atoms with Crippen LogP contribution >= 0.6 is 23.2 Å². The number of nitrogens with one attached hydrogen (secondary N) is 1. The molecule has 2 rings (SSSR count). The van der Waals surface area contributed by atoms with Crippen molar-refractivity contribution in [2.24, 2.45) is 5.73 Å². The Labute approximate surface area is 210 Å². The number of hydrogen-bond donors (Lipinski definition) is 2. The Balaban J connectivity index is 2.19. The van der Waals surface area contributed by atoms with E-state index in [1.54, 1.807) is 35.0 Å². The van der Waals surface area contributed by atoms with E-state index in [9.17, 15) is 9.59 Å². The number of halogens is 2. The largest absolute Gasteiger partial charge is 0.385 e. The normalized spacial score (nSPS) is 11.9. The molecule has 0 aliphatic heterocycles. The molecular formula is C23H34Cl2N6O3. The topological polar surface area (TPSA) is 115 Å². The van der Waals surface area contributed by atoms with Crippen LogP contribution in [0.3, 0.4) is 0 Å². The standard InChI is InChI=1S/C23H34Cl2N6O3/c1-3-4-5-10-30(11-6-13-34-2)23(33)21(9-12-31-16-18(15-26)28-29-31)27-22(32)17-7-8-19(24)20(25)14-17/h7-8,14,16,21H,3-6,9-13,15,26H2,1-2H3,(H,27,32)/t21-/m0/s1. The number of nitrogens with zero attached hydrogens (tertiary/aromatic N) is 4. The van der Waals surface area contributed by atoms with Crippen molar-refractivity contribution in [3.05, 3.63) is 45.7 Å². The van der Waals surface area contributed by atoms with Crippen LogP contribution in [0.25, 0.3) is 0 Å². The molecule has 11 heteroatoms. The summed E-state index contributed by atoms with van der Waals surface area (Å²) < 4.78 is 6.78. The Kier molecular flexibility index (Phi) is 12.3. The van der Waals surface area contributed by atoms with Gasteiger partial charge in [0.1, 0.15) is 6.04 Å². The molecule has 0 radical (unpaired) electrons. The van der Waals surface area contributed by atoms with Gasteiger partial charge < -0.3 is 20.7 Å². The fourth-order valence-electron chi connectivity index (χ4n) is 3.44. The van der Waals surface area contributed by atoms with Gasteiger partial charge in [-0.2, -0.15) is 0 Å². The highest BCUT2D eigenvalue weighted by Crippen LogP contribution is 2.22. The maximum atomic E-state index is 13.6. The summed E-state index contributed by atoms with van der Waals surface area (Å²) in [5.74, 6) is -0.539. The Hall–Kier alpha value is -2.20. The average Bonchev–Trinajstić information content (AvgIpc) is 3.30. The number of benzene rings is 1. The minimum Gasteiger partial charge on any atom is -0.385 e. The minimum atomic E-state index is -0.753. The minimum absolute atomic E-state index is 0.139. The first-order valence-electron chi connectivity index (χ1n) is 11.5. The van der Waals surface area contributed by atoms with Gasteiger partial charge in [-0.1, -0.05) is 48.2 Å². The Morgan fingerprint density at radius 1 is 1.21 bits per heavy atom. The summed E-state index contributed by atoms with van der Waals surface area (Å²) in [6, 6.07) is 3.87. The highest BCUT2D eigenvalue weighted by Gasteiger charge is 2.26. The number of unbranched alkanes of at least 4 members (excludes halogenated alkanes) is 2. The van der Waals surface area contributed by atoms with E-state index >= 15 is 0 Å². The molecule has 1 heterocycles. The highest BCUT2D eigenvalue weighted by atomic mass is 35.5. The lowest BCUT2D eigenvalue weighted by Gasteiger charge is -2.28. The molecule has 0 spiro atoms. The highest BCUT2D eigenvalue weighted by molar-refractivity contribution is 6.42. The van der Waals surface area contributed by atoms with Crippen LogP contribution in [0.15, 0.2) is 24.4 Å². The van der Waals surface area contributed by atoms with Crippen molar-refractivity contribution < 1.29 is 14.3 Å². The van der Waals surface area contributed by atoms with Crippen LogP contribution in [-0.4, -0.2) is 64.6 Å². The van der Waals surface area contributed by atoms with Crippen LogP contribution < -0.4 is 11.1 Å². The second-order valence-electron chi connectivity index (χ2n) is 8.00. The summed E-state index contributed by atoms with van der Waals surface area (Å²) in [4.78, 5) is 28.3. The lowest BCUT2D eigenvalue weighted by molar-refractivity contribution is -0.133. The van der Waals surface area contributed by atoms with Crippen LogP contribution in [0.2, 0.25) is 10.0 Å². The van der Waals surface area contributed by atoms with Crippen molar-refractivity contribution in [2.75, 3.05) is 26.8 Å². The van der Waals surface area contributed by atoms with Gasteiger partial charge in [0.25, 0.3) is 5.91 Å². The van der Waals surface area contributed by atoms with E-state index in [1.165, 1.54) is 6.07 Å². The van der Waals surface area contributed by atoms with Gasteiger partial charge >= 0.3 is 0 Å².